The molecule has 11 nitrogen and oxygen atoms in total. The molecule has 0 aliphatic carbocycles. The fourth-order valence-electron chi connectivity index (χ4n) is 5.91. The third-order valence-corrected chi connectivity index (χ3v) is 8.34. The first-order valence-corrected chi connectivity index (χ1v) is 16.2. The number of nitrogens with one attached hydrogen (secondary N) is 1. The summed E-state index contributed by atoms with van der Waals surface area (Å²) in [5, 5.41) is 14.1. The Bertz CT molecular complexity index is 1470. The molecular weight excluding hydrogens is 600 g/mol. The van der Waals surface area contributed by atoms with E-state index >= 15 is 0 Å². The number of benzene rings is 2. The summed E-state index contributed by atoms with van der Waals surface area (Å²) in [6, 6.07) is 16.2. The Hall–Kier alpha value is -4.19. The molecule has 3 heterocycles. The van der Waals surface area contributed by atoms with Crippen LogP contribution in [-0.4, -0.2) is 89.3 Å². The number of amides is 2. The molecule has 2 atom stereocenters. The number of aliphatic hydroxyl groups excluding tert-OH is 1. The van der Waals surface area contributed by atoms with Crippen molar-refractivity contribution in [3.63, 3.8) is 0 Å². The maximum Gasteiger partial charge on any atom is 0.410 e. The van der Waals surface area contributed by atoms with Crippen LogP contribution < -0.4 is 14.8 Å². The van der Waals surface area contributed by atoms with E-state index in [2.05, 4.69) is 15.2 Å². The van der Waals surface area contributed by atoms with Gasteiger partial charge in [-0.05, 0) is 105 Å². The number of pyridine rings is 1. The molecule has 11 heteroatoms. The fraction of sp³-hybridized carbons (Fsp3) is 0.472. The second-order valence-electron chi connectivity index (χ2n) is 13.1. The first-order chi connectivity index (χ1) is 22.6. The number of methoxy groups -OCH3 is 1. The van der Waals surface area contributed by atoms with Gasteiger partial charge in [0, 0.05) is 57.8 Å². The molecule has 3 aromatic rings. The monoisotopic (exact) mass is 646 g/mol. The van der Waals surface area contributed by atoms with E-state index < -0.39 is 23.8 Å². The van der Waals surface area contributed by atoms with Crippen molar-refractivity contribution in [3.05, 3.63) is 89.2 Å². The Labute approximate surface area is 276 Å². The van der Waals surface area contributed by atoms with Crippen molar-refractivity contribution in [1.82, 2.24) is 20.1 Å². The van der Waals surface area contributed by atoms with E-state index in [-0.39, 0.29) is 31.9 Å². The third kappa shape index (κ3) is 9.66. The number of aliphatic hydroxyl groups is 1. The molecule has 0 bridgehead atoms. The number of rotatable bonds is 11. The largest absolute Gasteiger partial charge is 0.490 e. The molecule has 0 unspecified atom stereocenters. The van der Waals surface area contributed by atoms with Crippen LogP contribution in [0.4, 0.5) is 4.79 Å². The van der Waals surface area contributed by atoms with Crippen LogP contribution >= 0.6 is 0 Å². The van der Waals surface area contributed by atoms with Crippen molar-refractivity contribution in [2.75, 3.05) is 33.5 Å². The zero-order chi connectivity index (χ0) is 33.4. The van der Waals surface area contributed by atoms with Crippen LogP contribution in [0, 0.1) is 0 Å². The molecule has 0 radical (unpaired) electrons. The first kappa shape index (κ1) is 34.2. The van der Waals surface area contributed by atoms with E-state index in [1.54, 1.807) is 40.0 Å². The highest BCUT2D eigenvalue weighted by atomic mass is 16.7. The number of ether oxygens (including phenoxy) is 4. The summed E-state index contributed by atoms with van der Waals surface area (Å²) >= 11 is 0. The number of hydrogen-bond acceptors (Lipinski definition) is 9. The topological polar surface area (TPSA) is 123 Å². The molecule has 47 heavy (non-hydrogen) atoms. The summed E-state index contributed by atoms with van der Waals surface area (Å²) in [5.74, 6) is 1.03. The van der Waals surface area contributed by atoms with Gasteiger partial charge in [-0.3, -0.25) is 19.6 Å². The van der Waals surface area contributed by atoms with Crippen LogP contribution in [0.3, 0.4) is 0 Å². The fourth-order valence-corrected chi connectivity index (χ4v) is 5.91. The molecule has 2 N–H and O–H groups in total. The number of nitrogens with zero attached hydrogens (tertiary/aromatic N) is 3. The van der Waals surface area contributed by atoms with E-state index in [1.165, 1.54) is 10.5 Å². The minimum Gasteiger partial charge on any atom is -0.490 e. The Balaban J connectivity index is 1.14. The molecule has 1 saturated heterocycles. The van der Waals surface area contributed by atoms with Gasteiger partial charge in [0.1, 0.15) is 23.2 Å². The van der Waals surface area contributed by atoms with Crippen molar-refractivity contribution in [3.8, 4) is 11.5 Å². The normalized spacial score (nSPS) is 17.8. The van der Waals surface area contributed by atoms with E-state index in [1.807, 2.05) is 54.9 Å². The van der Waals surface area contributed by atoms with Gasteiger partial charge >= 0.3 is 6.09 Å². The molecular formula is C36H46N4O7. The average molecular weight is 647 g/mol. The van der Waals surface area contributed by atoms with Gasteiger partial charge in [-0.15, -0.1) is 0 Å². The number of fused-ring (bicyclic) bond motifs is 1. The van der Waals surface area contributed by atoms with Gasteiger partial charge in [0.2, 0.25) is 0 Å². The van der Waals surface area contributed by atoms with Crippen LogP contribution in [0.15, 0.2) is 67.0 Å². The SMILES string of the molecule is COCOc1ccc2c(c1)CN(C(=O)OC(C)(C)C)[C@H]([C@H](O)CNC(=O)c1ccc(OC3CCN(Cc4ccncc4)CC3)cc1)C2. The Morgan fingerprint density at radius 3 is 2.38 bits per heavy atom. The second kappa shape index (κ2) is 15.6. The standard InChI is InChI=1S/C36H46N4O7/c1-36(2,3)47-35(43)40-23-28-19-31(45-24-44-4)10-7-27(28)20-32(40)33(41)21-38-34(42)26-5-8-29(9-6-26)46-30-13-17-39(18-14-30)22-25-11-15-37-16-12-25/h5-12,15-16,19,30,32-33,41H,13-14,17-18,20-24H2,1-4H3,(H,38,42)/t32-,33+/m0/s1. The summed E-state index contributed by atoms with van der Waals surface area (Å²) in [6.45, 7) is 8.53. The molecule has 5 rings (SSSR count). The molecule has 2 aliphatic rings. The quantitative estimate of drug-likeness (QED) is 0.289. The van der Waals surface area contributed by atoms with Crippen molar-refractivity contribution in [2.24, 2.45) is 0 Å². The van der Waals surface area contributed by atoms with Crippen molar-refractivity contribution in [2.45, 2.75) is 77.0 Å². The highest BCUT2D eigenvalue weighted by molar-refractivity contribution is 5.94. The highest BCUT2D eigenvalue weighted by Gasteiger charge is 2.37. The maximum atomic E-state index is 13.3. The van der Waals surface area contributed by atoms with Crippen LogP contribution in [0.1, 0.15) is 60.7 Å². The zero-order valence-corrected chi connectivity index (χ0v) is 27.7. The minimum absolute atomic E-state index is 0.0382. The van der Waals surface area contributed by atoms with Gasteiger partial charge in [-0.25, -0.2) is 4.79 Å². The lowest BCUT2D eigenvalue weighted by Crippen LogP contribution is -2.54. The Kier molecular flexibility index (Phi) is 11.3. The lowest BCUT2D eigenvalue weighted by atomic mass is 9.91. The zero-order valence-electron chi connectivity index (χ0n) is 27.7. The molecule has 1 aromatic heterocycles. The van der Waals surface area contributed by atoms with Gasteiger partial charge in [-0.1, -0.05) is 6.07 Å². The van der Waals surface area contributed by atoms with E-state index in [0.717, 1.165) is 49.4 Å². The Morgan fingerprint density at radius 2 is 1.70 bits per heavy atom. The van der Waals surface area contributed by atoms with Gasteiger partial charge in [-0.2, -0.15) is 0 Å². The molecule has 2 amide bonds. The third-order valence-electron chi connectivity index (χ3n) is 8.34. The van der Waals surface area contributed by atoms with Crippen molar-refractivity contribution >= 4 is 12.0 Å². The minimum atomic E-state index is -1.03. The Morgan fingerprint density at radius 1 is 1.00 bits per heavy atom. The molecule has 0 saturated carbocycles. The molecule has 2 aliphatic heterocycles. The second-order valence-corrected chi connectivity index (χ2v) is 13.1. The maximum absolute atomic E-state index is 13.3. The summed E-state index contributed by atoms with van der Waals surface area (Å²) in [5.41, 5.74) is 2.89. The number of piperidine rings is 1. The van der Waals surface area contributed by atoms with Crippen LogP contribution in [0.5, 0.6) is 11.5 Å². The number of carbonyl (C=O) groups is 2. The predicted molar refractivity (Wildman–Crippen MR) is 176 cm³/mol. The van der Waals surface area contributed by atoms with Crippen LogP contribution in [-0.2, 0) is 29.0 Å². The van der Waals surface area contributed by atoms with Gasteiger partial charge in [0.15, 0.2) is 6.79 Å². The molecule has 2 aromatic carbocycles. The van der Waals surface area contributed by atoms with E-state index in [0.29, 0.717) is 17.7 Å². The highest BCUT2D eigenvalue weighted by Crippen LogP contribution is 2.30. The lowest BCUT2D eigenvalue weighted by Gasteiger charge is -2.40. The smallest absolute Gasteiger partial charge is 0.410 e. The summed E-state index contributed by atoms with van der Waals surface area (Å²) in [6.07, 6.45) is 4.46. The number of hydrogen-bond donors (Lipinski definition) is 2. The number of carbonyl (C=O) groups excluding carboxylic acids is 2. The summed E-state index contributed by atoms with van der Waals surface area (Å²) in [4.78, 5) is 34.3. The molecule has 252 valence electrons. The summed E-state index contributed by atoms with van der Waals surface area (Å²) in [7, 11) is 1.55. The van der Waals surface area contributed by atoms with Gasteiger partial charge in [0.05, 0.1) is 12.1 Å². The molecule has 0 spiro atoms. The van der Waals surface area contributed by atoms with Crippen molar-refractivity contribution < 1.29 is 33.6 Å². The molecule has 1 fully saturated rings. The average Bonchev–Trinajstić information content (AvgIpc) is 3.06. The van der Waals surface area contributed by atoms with Crippen LogP contribution in [0.2, 0.25) is 0 Å². The van der Waals surface area contributed by atoms with Gasteiger partial charge in [0.25, 0.3) is 5.91 Å². The predicted octanol–water partition coefficient (Wildman–Crippen LogP) is 4.56. The lowest BCUT2D eigenvalue weighted by molar-refractivity contribution is -0.0114. The van der Waals surface area contributed by atoms with Gasteiger partial charge < -0.3 is 29.4 Å². The summed E-state index contributed by atoms with van der Waals surface area (Å²) < 4.78 is 22.5. The van der Waals surface area contributed by atoms with Crippen LogP contribution in [0.25, 0.3) is 0 Å². The number of likely N-dealkylation sites (tertiary alicyclic amines) is 1. The van der Waals surface area contributed by atoms with E-state index in [9.17, 15) is 14.7 Å². The number of aromatic nitrogens is 1. The van der Waals surface area contributed by atoms with E-state index in [4.69, 9.17) is 18.9 Å². The first-order valence-electron chi connectivity index (χ1n) is 16.2. The van der Waals surface area contributed by atoms with Crippen molar-refractivity contribution in [1.29, 1.82) is 0 Å².